The minimum absolute atomic E-state index is 0. The van der Waals surface area contributed by atoms with Crippen LogP contribution in [0.3, 0.4) is 0 Å². The lowest BCUT2D eigenvalue weighted by Crippen LogP contribution is -2.02. The lowest BCUT2D eigenvalue weighted by atomic mass is 10.2. The lowest BCUT2D eigenvalue weighted by Gasteiger charge is -2.02. The molecule has 1 rings (SSSR count). The molecule has 1 aromatic carbocycles. The van der Waals surface area contributed by atoms with Crippen molar-refractivity contribution in [3.05, 3.63) is 28.4 Å². The minimum Gasteiger partial charge on any atom is -0.478 e. The molecule has 2 nitrogen and oxygen atoms in total. The number of rotatable bonds is 1. The van der Waals surface area contributed by atoms with Crippen LogP contribution in [0.5, 0.6) is 0 Å². The predicted octanol–water partition coefficient (Wildman–Crippen LogP) is 3.62. The second-order valence-electron chi connectivity index (χ2n) is 2.03. The van der Waals surface area contributed by atoms with E-state index in [1.54, 1.807) is 6.07 Å². The van der Waals surface area contributed by atoms with Gasteiger partial charge < -0.3 is 5.11 Å². The summed E-state index contributed by atoms with van der Waals surface area (Å²) >= 11 is 6.39. The zero-order valence-electron chi connectivity index (χ0n) is 6.05. The molecule has 13 heavy (non-hydrogen) atoms. The second-order valence-corrected chi connectivity index (χ2v) is 5.35. The van der Waals surface area contributed by atoms with Crippen molar-refractivity contribution in [2.45, 2.75) is 0 Å². The number of carboxylic acids is 1. The molecule has 0 fully saturated rings. The Morgan fingerprint density at radius 2 is 1.69 bits per heavy atom. The van der Waals surface area contributed by atoms with Crippen molar-refractivity contribution in [3.63, 3.8) is 0 Å². The van der Waals surface area contributed by atoms with E-state index in [1.807, 2.05) is 6.07 Å². The maximum atomic E-state index is 10.7. The van der Waals surface area contributed by atoms with Crippen LogP contribution < -0.4 is 0 Å². The van der Waals surface area contributed by atoms with Gasteiger partial charge in [0.05, 0.1) is 5.56 Å². The van der Waals surface area contributed by atoms with E-state index in [4.69, 9.17) is 5.11 Å². The first-order valence-electron chi connectivity index (χ1n) is 2.91. The van der Waals surface area contributed by atoms with E-state index in [0.717, 1.165) is 10.7 Å². The van der Waals surface area contributed by atoms with Gasteiger partial charge in [-0.05, 0) is 79.9 Å². The van der Waals surface area contributed by atoms with Gasteiger partial charge in [-0.1, -0.05) is 0 Å². The minimum atomic E-state index is -0.867. The number of benzene rings is 1. The molecule has 0 aliphatic carbocycles. The van der Waals surface area contributed by atoms with E-state index >= 15 is 0 Å². The van der Waals surface area contributed by atoms with Gasteiger partial charge in [0.25, 0.3) is 0 Å². The van der Waals surface area contributed by atoms with Crippen LogP contribution >= 0.6 is 80.2 Å². The maximum Gasteiger partial charge on any atom is 0.336 e. The first-order valence-corrected chi connectivity index (χ1v) is 6.14. The van der Waals surface area contributed by atoms with Gasteiger partial charge in [-0.25, -0.2) is 4.79 Å². The first kappa shape index (κ1) is 14.2. The number of halogens is 4. The summed E-state index contributed by atoms with van der Waals surface area (Å²) < 4.78 is 2.91. The van der Waals surface area contributed by atoms with Crippen molar-refractivity contribution in [2.75, 3.05) is 0 Å². The first-order chi connectivity index (χ1) is 5.54. The van der Waals surface area contributed by atoms with Gasteiger partial charge in [-0.3, -0.25) is 0 Å². The highest BCUT2D eigenvalue weighted by molar-refractivity contribution is 14.1. The Morgan fingerprint density at radius 3 is 2.15 bits per heavy atom. The third kappa shape index (κ3) is 3.34. The summed E-state index contributed by atoms with van der Waals surface area (Å²) in [7, 11) is 0. The summed E-state index contributed by atoms with van der Waals surface area (Å²) in [4.78, 5) is 10.7. The highest BCUT2D eigenvalue weighted by Gasteiger charge is 2.12. The Kier molecular flexibility index (Phi) is 6.44. The highest BCUT2D eigenvalue weighted by atomic mass is 127. The molecule has 1 N–H and O–H groups in total. The van der Waals surface area contributed by atoms with Crippen molar-refractivity contribution in [1.82, 2.24) is 0 Å². The number of carboxylic acid groups (broad SMARTS) is 1. The summed E-state index contributed by atoms with van der Waals surface area (Å²) in [5.41, 5.74) is 0.375. The van der Waals surface area contributed by atoms with E-state index in [-0.39, 0.29) is 12.4 Å². The van der Waals surface area contributed by atoms with Crippen LogP contribution in [0.4, 0.5) is 0 Å². The van der Waals surface area contributed by atoms with Crippen LogP contribution in [0, 0.1) is 10.7 Å². The Bertz CT molecular complexity index is 341. The molecule has 0 saturated heterocycles. The van der Waals surface area contributed by atoms with Crippen molar-refractivity contribution in [1.29, 1.82) is 0 Å². The quantitative estimate of drug-likeness (QED) is 0.440. The van der Waals surface area contributed by atoms with Gasteiger partial charge in [0.1, 0.15) is 0 Å². The van der Waals surface area contributed by atoms with Gasteiger partial charge >= 0.3 is 5.97 Å². The van der Waals surface area contributed by atoms with Crippen LogP contribution in [0.2, 0.25) is 0 Å². The molecule has 0 aromatic heterocycles. The second kappa shape index (κ2) is 5.91. The van der Waals surface area contributed by atoms with Crippen LogP contribution in [0.1, 0.15) is 10.4 Å². The maximum absolute atomic E-state index is 10.7. The third-order valence-electron chi connectivity index (χ3n) is 1.27. The molecule has 0 aliphatic rings. The number of hydrogen-bond donors (Lipinski definition) is 1. The summed E-state index contributed by atoms with van der Waals surface area (Å²) in [6, 6.07) is 3.45. The standard InChI is InChI=1S/C7H3I3O2.ClH/c8-4-2-1-3(7(11)12)5(9)6(4)10;/h1-2H,(H,11,12);1H. The van der Waals surface area contributed by atoms with E-state index in [2.05, 4.69) is 67.8 Å². The smallest absolute Gasteiger partial charge is 0.336 e. The van der Waals surface area contributed by atoms with Gasteiger partial charge in [-0.2, -0.15) is 0 Å². The molecule has 6 heteroatoms. The molecule has 1 aromatic rings. The molecule has 0 unspecified atom stereocenters. The van der Waals surface area contributed by atoms with Crippen molar-refractivity contribution in [2.24, 2.45) is 0 Å². The average Bonchev–Trinajstić information content (AvgIpc) is 2.00. The van der Waals surface area contributed by atoms with Crippen molar-refractivity contribution < 1.29 is 9.90 Å². The SMILES string of the molecule is Cl.O=C(O)c1ccc(I)c(I)c1I. The highest BCUT2D eigenvalue weighted by Crippen LogP contribution is 2.24. The van der Waals surface area contributed by atoms with E-state index in [0.29, 0.717) is 5.56 Å². The number of aromatic carboxylic acids is 1. The van der Waals surface area contributed by atoms with Gasteiger partial charge in [-0.15, -0.1) is 12.4 Å². The van der Waals surface area contributed by atoms with E-state index in [1.165, 1.54) is 0 Å². The van der Waals surface area contributed by atoms with Crippen molar-refractivity contribution in [3.8, 4) is 0 Å². The molecular formula is C7H4ClI3O2. The predicted molar refractivity (Wildman–Crippen MR) is 78.8 cm³/mol. The normalized spacial score (nSPS) is 9.15. The molecule has 0 amide bonds. The summed E-state index contributed by atoms with van der Waals surface area (Å²) in [5, 5.41) is 8.77. The molecule has 0 bridgehead atoms. The van der Waals surface area contributed by atoms with Crippen molar-refractivity contribution >= 4 is 86.1 Å². The zero-order chi connectivity index (χ0) is 9.30. The number of carbonyl (C=O) groups is 1. The van der Waals surface area contributed by atoms with E-state index < -0.39 is 5.97 Å². The van der Waals surface area contributed by atoms with Gasteiger partial charge in [0, 0.05) is 10.7 Å². The Hall–Kier alpha value is 1.17. The molecular weight excluding hydrogens is 532 g/mol. The van der Waals surface area contributed by atoms with Crippen LogP contribution in [0.25, 0.3) is 0 Å². The largest absolute Gasteiger partial charge is 0.478 e. The topological polar surface area (TPSA) is 37.3 Å². The fraction of sp³-hybridized carbons (Fsp3) is 0. The molecule has 0 saturated carbocycles. The monoisotopic (exact) mass is 536 g/mol. The van der Waals surface area contributed by atoms with Gasteiger partial charge in [0.15, 0.2) is 0 Å². The molecule has 0 radical (unpaired) electrons. The number of hydrogen-bond acceptors (Lipinski definition) is 1. The fourth-order valence-corrected chi connectivity index (χ4v) is 2.83. The summed E-state index contributed by atoms with van der Waals surface area (Å²) in [6.45, 7) is 0. The lowest BCUT2D eigenvalue weighted by molar-refractivity contribution is 0.0695. The van der Waals surface area contributed by atoms with Crippen LogP contribution in [-0.2, 0) is 0 Å². The fourth-order valence-electron chi connectivity index (χ4n) is 0.691. The zero-order valence-corrected chi connectivity index (χ0v) is 13.3. The van der Waals surface area contributed by atoms with Crippen LogP contribution in [-0.4, -0.2) is 11.1 Å². The molecule has 0 atom stereocenters. The molecule has 0 spiro atoms. The van der Waals surface area contributed by atoms with Crippen LogP contribution in [0.15, 0.2) is 12.1 Å². The molecule has 72 valence electrons. The Labute approximate surface area is 123 Å². The third-order valence-corrected chi connectivity index (χ3v) is 6.47. The summed E-state index contributed by atoms with van der Waals surface area (Å²) in [5.74, 6) is -0.867. The Balaban J connectivity index is 0.00000144. The van der Waals surface area contributed by atoms with E-state index in [9.17, 15) is 4.79 Å². The van der Waals surface area contributed by atoms with Gasteiger partial charge in [0.2, 0.25) is 0 Å². The Morgan fingerprint density at radius 1 is 1.15 bits per heavy atom. The average molecular weight is 536 g/mol. The molecule has 0 aliphatic heterocycles. The molecule has 0 heterocycles. The summed E-state index contributed by atoms with van der Waals surface area (Å²) in [6.07, 6.45) is 0.